The van der Waals surface area contributed by atoms with E-state index in [1.807, 2.05) is 12.1 Å². The summed E-state index contributed by atoms with van der Waals surface area (Å²) >= 11 is 6.32. The third-order valence-corrected chi connectivity index (χ3v) is 4.53. The number of aromatic amines is 1. The Morgan fingerprint density at radius 1 is 1.52 bits per heavy atom. The van der Waals surface area contributed by atoms with E-state index in [1.165, 1.54) is 0 Å². The van der Waals surface area contributed by atoms with Crippen molar-refractivity contribution in [2.75, 3.05) is 6.61 Å². The van der Waals surface area contributed by atoms with E-state index in [0.717, 1.165) is 47.0 Å². The first-order valence-electron chi connectivity index (χ1n) is 7.64. The van der Waals surface area contributed by atoms with Gasteiger partial charge in [0.2, 0.25) is 0 Å². The summed E-state index contributed by atoms with van der Waals surface area (Å²) in [6.45, 7) is 0.502. The SMILES string of the molecule is N#CCCCc1ccc(Cl)c2[nH]c3c(c12)CCO[C@@H]3CC(=O)O. The van der Waals surface area contributed by atoms with Gasteiger partial charge in [0.05, 0.1) is 29.6 Å². The maximum Gasteiger partial charge on any atom is 0.306 e. The number of nitrogens with one attached hydrogen (secondary N) is 1. The molecule has 1 atom stereocenters. The summed E-state index contributed by atoms with van der Waals surface area (Å²) in [6, 6.07) is 6.01. The van der Waals surface area contributed by atoms with E-state index in [0.29, 0.717) is 18.1 Å². The Hall–Kier alpha value is -2.03. The molecular formula is C17H17ClN2O3. The molecule has 0 bridgehead atoms. The molecule has 0 amide bonds. The Bertz CT molecular complexity index is 791. The number of aryl methyl sites for hydroxylation is 1. The van der Waals surface area contributed by atoms with Crippen molar-refractivity contribution >= 4 is 28.5 Å². The summed E-state index contributed by atoms with van der Waals surface area (Å²) in [6.07, 6.45) is 2.31. The second-order valence-corrected chi connectivity index (χ2v) is 6.10. The van der Waals surface area contributed by atoms with Crippen LogP contribution in [0, 0.1) is 11.3 Å². The molecule has 0 unspecified atom stereocenters. The van der Waals surface area contributed by atoms with E-state index in [4.69, 9.17) is 26.7 Å². The Kier molecular flexibility index (Phi) is 4.56. The molecule has 0 radical (unpaired) electrons. The zero-order chi connectivity index (χ0) is 16.4. The number of carbonyl (C=O) groups is 1. The van der Waals surface area contributed by atoms with Crippen molar-refractivity contribution in [3.63, 3.8) is 0 Å². The van der Waals surface area contributed by atoms with Crippen LogP contribution in [-0.2, 0) is 22.4 Å². The molecule has 0 saturated carbocycles. The number of carboxylic acid groups (broad SMARTS) is 1. The van der Waals surface area contributed by atoms with Crippen LogP contribution in [0.15, 0.2) is 12.1 Å². The monoisotopic (exact) mass is 332 g/mol. The fourth-order valence-corrected chi connectivity index (χ4v) is 3.44. The molecule has 0 spiro atoms. The number of benzene rings is 1. The molecule has 3 rings (SSSR count). The lowest BCUT2D eigenvalue weighted by molar-refractivity contribution is -0.140. The van der Waals surface area contributed by atoms with Gasteiger partial charge in [-0.1, -0.05) is 17.7 Å². The quantitative estimate of drug-likeness (QED) is 0.816. The topological polar surface area (TPSA) is 86.1 Å². The van der Waals surface area contributed by atoms with Crippen LogP contribution in [0.2, 0.25) is 5.02 Å². The minimum atomic E-state index is -0.887. The largest absolute Gasteiger partial charge is 0.481 e. The number of ether oxygens (including phenoxy) is 1. The lowest BCUT2D eigenvalue weighted by Crippen LogP contribution is -2.18. The van der Waals surface area contributed by atoms with Gasteiger partial charge in [-0.2, -0.15) is 5.26 Å². The lowest BCUT2D eigenvalue weighted by atomic mass is 9.96. The first-order valence-corrected chi connectivity index (χ1v) is 8.01. The van der Waals surface area contributed by atoms with E-state index in [1.54, 1.807) is 0 Å². The maximum absolute atomic E-state index is 11.1. The van der Waals surface area contributed by atoms with Gasteiger partial charge in [0.25, 0.3) is 0 Å². The number of aliphatic carboxylic acids is 1. The van der Waals surface area contributed by atoms with Gasteiger partial charge in [0.15, 0.2) is 0 Å². The van der Waals surface area contributed by atoms with E-state index >= 15 is 0 Å². The third kappa shape index (κ3) is 3.05. The van der Waals surface area contributed by atoms with E-state index in [2.05, 4.69) is 11.1 Å². The number of fused-ring (bicyclic) bond motifs is 3. The second-order valence-electron chi connectivity index (χ2n) is 5.69. The smallest absolute Gasteiger partial charge is 0.306 e. The van der Waals surface area contributed by atoms with Crippen molar-refractivity contribution in [3.8, 4) is 6.07 Å². The van der Waals surface area contributed by atoms with E-state index < -0.39 is 12.1 Å². The number of H-pyrrole nitrogens is 1. The number of unbranched alkanes of at least 4 members (excludes halogenated alkanes) is 1. The average Bonchev–Trinajstić information content (AvgIpc) is 2.91. The molecule has 1 aliphatic heterocycles. The van der Waals surface area contributed by atoms with Crippen LogP contribution in [0.4, 0.5) is 0 Å². The highest BCUT2D eigenvalue weighted by atomic mass is 35.5. The summed E-state index contributed by atoms with van der Waals surface area (Å²) in [5.74, 6) is -0.887. The highest BCUT2D eigenvalue weighted by Gasteiger charge is 2.28. The van der Waals surface area contributed by atoms with Crippen LogP contribution >= 0.6 is 11.6 Å². The van der Waals surface area contributed by atoms with E-state index in [-0.39, 0.29) is 6.42 Å². The number of nitrogens with zero attached hydrogens (tertiary/aromatic N) is 1. The van der Waals surface area contributed by atoms with Crippen LogP contribution in [0.5, 0.6) is 0 Å². The molecule has 0 saturated heterocycles. The van der Waals surface area contributed by atoms with Crippen LogP contribution in [0.25, 0.3) is 10.9 Å². The molecule has 0 fully saturated rings. The maximum atomic E-state index is 11.1. The number of rotatable bonds is 5. The number of nitriles is 1. The van der Waals surface area contributed by atoms with E-state index in [9.17, 15) is 4.79 Å². The minimum absolute atomic E-state index is 0.0682. The number of aromatic nitrogens is 1. The van der Waals surface area contributed by atoms with Crippen LogP contribution < -0.4 is 0 Å². The van der Waals surface area contributed by atoms with Gasteiger partial charge in [-0.3, -0.25) is 4.79 Å². The standard InChI is InChI=1S/C17H17ClN2O3/c18-12-5-4-10(3-1-2-7-19)15-11-6-8-23-13(9-14(21)22)16(11)20-17(12)15/h4-5,13,20H,1-3,6,8-9H2,(H,21,22)/t13-/m1/s1. The van der Waals surface area contributed by atoms with Crippen LogP contribution in [0.3, 0.4) is 0 Å². The number of hydrogen-bond donors (Lipinski definition) is 2. The molecule has 0 aliphatic carbocycles. The van der Waals surface area contributed by atoms with Crippen molar-refractivity contribution in [2.24, 2.45) is 0 Å². The first-order chi connectivity index (χ1) is 11.1. The molecule has 5 nitrogen and oxygen atoms in total. The van der Waals surface area contributed by atoms with Gasteiger partial charge in [-0.15, -0.1) is 0 Å². The van der Waals surface area contributed by atoms with Gasteiger partial charge in [0, 0.05) is 17.5 Å². The van der Waals surface area contributed by atoms with Gasteiger partial charge in [-0.05, 0) is 36.5 Å². The molecule has 1 aromatic heterocycles. The molecule has 120 valence electrons. The summed E-state index contributed by atoms with van der Waals surface area (Å²) in [4.78, 5) is 14.3. The number of carboxylic acids is 1. The van der Waals surface area contributed by atoms with Crippen molar-refractivity contribution in [1.29, 1.82) is 5.26 Å². The molecule has 2 aromatic rings. The average molecular weight is 333 g/mol. The van der Waals surface area contributed by atoms with Crippen molar-refractivity contribution in [2.45, 2.75) is 38.2 Å². The molecule has 1 aliphatic rings. The summed E-state index contributed by atoms with van der Waals surface area (Å²) < 4.78 is 5.62. The van der Waals surface area contributed by atoms with Gasteiger partial charge in [0.1, 0.15) is 6.10 Å². The minimum Gasteiger partial charge on any atom is -0.481 e. The van der Waals surface area contributed by atoms with Crippen molar-refractivity contribution in [1.82, 2.24) is 4.98 Å². The zero-order valence-corrected chi connectivity index (χ0v) is 13.3. The van der Waals surface area contributed by atoms with Gasteiger partial charge in [-0.25, -0.2) is 0 Å². The van der Waals surface area contributed by atoms with Gasteiger partial charge >= 0.3 is 5.97 Å². The van der Waals surface area contributed by atoms with Crippen molar-refractivity contribution in [3.05, 3.63) is 34.0 Å². The Balaban J connectivity index is 2.08. The summed E-state index contributed by atoms with van der Waals surface area (Å²) in [7, 11) is 0. The summed E-state index contributed by atoms with van der Waals surface area (Å²) in [5.41, 5.74) is 3.91. The summed E-state index contributed by atoms with van der Waals surface area (Å²) in [5, 5.41) is 19.5. The molecule has 1 aromatic carbocycles. The second kappa shape index (κ2) is 6.61. The Morgan fingerprint density at radius 2 is 2.35 bits per heavy atom. The fourth-order valence-electron chi connectivity index (χ4n) is 3.24. The van der Waals surface area contributed by atoms with Crippen LogP contribution in [-0.4, -0.2) is 22.7 Å². The molecule has 2 N–H and O–H groups in total. The highest BCUT2D eigenvalue weighted by molar-refractivity contribution is 6.35. The molecule has 2 heterocycles. The lowest BCUT2D eigenvalue weighted by Gasteiger charge is -2.22. The normalized spacial score (nSPS) is 17.0. The van der Waals surface area contributed by atoms with Crippen molar-refractivity contribution < 1.29 is 14.6 Å². The zero-order valence-electron chi connectivity index (χ0n) is 12.6. The predicted molar refractivity (Wildman–Crippen MR) is 86.5 cm³/mol. The first kappa shape index (κ1) is 15.9. The number of hydrogen-bond acceptors (Lipinski definition) is 3. The molecule has 6 heteroatoms. The molecule has 23 heavy (non-hydrogen) atoms. The third-order valence-electron chi connectivity index (χ3n) is 4.22. The van der Waals surface area contributed by atoms with Crippen LogP contribution in [0.1, 0.15) is 42.2 Å². The fraction of sp³-hybridized carbons (Fsp3) is 0.412. The highest BCUT2D eigenvalue weighted by Crippen LogP contribution is 2.38. The Morgan fingerprint density at radius 3 is 3.09 bits per heavy atom. The Labute approximate surface area is 138 Å². The number of halogens is 1. The predicted octanol–water partition coefficient (Wildman–Crippen LogP) is 3.76. The van der Waals surface area contributed by atoms with Gasteiger partial charge < -0.3 is 14.8 Å². The molecular weight excluding hydrogens is 316 g/mol.